The quantitative estimate of drug-likeness (QED) is 0.162. The van der Waals surface area contributed by atoms with E-state index in [1.807, 2.05) is 6.07 Å². The number of aromatic amines is 2. The number of anilines is 2. The summed E-state index contributed by atoms with van der Waals surface area (Å²) in [7, 11) is 0. The first-order chi connectivity index (χ1) is 19.0. The number of halogens is 4. The van der Waals surface area contributed by atoms with Crippen molar-refractivity contribution in [2.75, 3.05) is 11.9 Å². The molecule has 1 unspecified atom stereocenters. The largest absolute Gasteiger partial charge is 0.478 e. The third kappa shape index (κ3) is 4.60. The van der Waals surface area contributed by atoms with Crippen LogP contribution >= 0.6 is 0 Å². The number of benzene rings is 3. The number of nitrogens with zero attached hydrogens (tertiary/aromatic N) is 2. The number of hydrogen-bond acceptors (Lipinski definition) is 5. The van der Waals surface area contributed by atoms with Gasteiger partial charge in [0.25, 0.3) is 0 Å². The zero-order valence-electron chi connectivity index (χ0n) is 21.1. The smallest absolute Gasteiger partial charge is 0.431 e. The van der Waals surface area contributed by atoms with Crippen molar-refractivity contribution >= 4 is 39.3 Å². The van der Waals surface area contributed by atoms with Gasteiger partial charge in [0.05, 0.1) is 28.4 Å². The Bertz CT molecular complexity index is 1820. The molecule has 0 aliphatic carbocycles. The maximum Gasteiger partial charge on any atom is 0.431 e. The molecule has 3 aromatic carbocycles. The van der Waals surface area contributed by atoms with Crippen LogP contribution in [0.5, 0.6) is 0 Å². The fraction of sp³-hybridized carbons (Fsp3) is 0.179. The lowest BCUT2D eigenvalue weighted by Gasteiger charge is -2.17. The summed E-state index contributed by atoms with van der Waals surface area (Å²) in [4.78, 5) is 21.5. The molecule has 4 N–H and O–H groups in total. The Morgan fingerprint density at radius 3 is 2.58 bits per heavy atom. The van der Waals surface area contributed by atoms with Crippen LogP contribution in [0.15, 0.2) is 48.5 Å². The lowest BCUT2D eigenvalue weighted by molar-refractivity contribution is -0.142. The molecular weight excluding hydrogens is 530 g/mol. The molecule has 0 bridgehead atoms. The lowest BCUT2D eigenvalue weighted by Crippen LogP contribution is -2.15. The van der Waals surface area contributed by atoms with E-state index in [4.69, 9.17) is 10.00 Å². The van der Waals surface area contributed by atoms with Gasteiger partial charge in [0, 0.05) is 28.8 Å². The Balaban J connectivity index is 1.69. The molecule has 0 aliphatic heterocycles. The molecule has 0 aliphatic rings. The van der Waals surface area contributed by atoms with Crippen LogP contribution in [0, 0.1) is 24.1 Å². The maximum absolute atomic E-state index is 15.9. The van der Waals surface area contributed by atoms with E-state index >= 15 is 4.39 Å². The minimum Gasteiger partial charge on any atom is -0.478 e. The number of aromatic carboxylic acids is 1. The summed E-state index contributed by atoms with van der Waals surface area (Å²) in [6, 6.07) is 13.9. The first-order valence-electron chi connectivity index (χ1n) is 12.1. The van der Waals surface area contributed by atoms with E-state index in [0.717, 1.165) is 6.07 Å². The second kappa shape index (κ2) is 10.0. The fourth-order valence-electron chi connectivity index (χ4n) is 4.68. The van der Waals surface area contributed by atoms with Crippen molar-refractivity contribution in [3.8, 4) is 6.07 Å². The van der Waals surface area contributed by atoms with Gasteiger partial charge in [-0.05, 0) is 49.7 Å². The van der Waals surface area contributed by atoms with E-state index < -0.39 is 35.3 Å². The molecule has 5 aromatic rings. The second-order valence-corrected chi connectivity index (χ2v) is 9.00. The molecule has 2 aromatic heterocycles. The van der Waals surface area contributed by atoms with Gasteiger partial charge in [0.2, 0.25) is 0 Å². The number of fused-ring (bicyclic) bond motifs is 2. The molecular formula is C28H21F4N5O3. The van der Waals surface area contributed by atoms with Crippen LogP contribution in [-0.4, -0.2) is 32.6 Å². The zero-order valence-corrected chi connectivity index (χ0v) is 21.1. The monoisotopic (exact) mass is 551 g/mol. The zero-order chi connectivity index (χ0) is 28.8. The Labute approximate surface area is 224 Å². The number of para-hydroxylation sites is 1. The van der Waals surface area contributed by atoms with Crippen LogP contribution in [0.4, 0.5) is 28.9 Å². The average Bonchev–Trinajstić information content (AvgIpc) is 3.52. The molecule has 0 saturated heterocycles. The molecule has 0 spiro atoms. The minimum atomic E-state index is -4.76. The van der Waals surface area contributed by atoms with Gasteiger partial charge in [0.1, 0.15) is 23.1 Å². The number of aryl methyl sites for hydroxylation is 1. The summed E-state index contributed by atoms with van der Waals surface area (Å²) in [5, 5.41) is 22.0. The molecule has 0 amide bonds. The SMILES string of the molecule is CCOC(c1nc2c(F)c(Nc3ccc(C#N)cc3C)c(C(=O)O)cc2[nH]1)c1c(C(F)(F)F)[nH]c2ccccc12. The van der Waals surface area contributed by atoms with E-state index in [2.05, 4.69) is 20.3 Å². The number of aromatic nitrogens is 3. The van der Waals surface area contributed by atoms with Crippen LogP contribution in [0.25, 0.3) is 21.9 Å². The second-order valence-electron chi connectivity index (χ2n) is 9.00. The molecule has 0 fully saturated rings. The van der Waals surface area contributed by atoms with Crippen molar-refractivity contribution in [3.63, 3.8) is 0 Å². The summed E-state index contributed by atoms with van der Waals surface area (Å²) in [5.74, 6) is -2.59. The van der Waals surface area contributed by atoms with Gasteiger partial charge < -0.3 is 25.1 Å². The van der Waals surface area contributed by atoms with E-state index in [1.165, 1.54) is 24.3 Å². The summed E-state index contributed by atoms with van der Waals surface area (Å²) >= 11 is 0. The fourth-order valence-corrected chi connectivity index (χ4v) is 4.68. The Morgan fingerprint density at radius 2 is 1.93 bits per heavy atom. The molecule has 5 rings (SSSR count). The Morgan fingerprint density at radius 1 is 1.18 bits per heavy atom. The first kappa shape index (κ1) is 26.7. The van der Waals surface area contributed by atoms with Gasteiger partial charge in [0.15, 0.2) is 5.82 Å². The van der Waals surface area contributed by atoms with Gasteiger partial charge in [-0.1, -0.05) is 18.2 Å². The number of carboxylic acid groups (broad SMARTS) is 1. The predicted octanol–water partition coefficient (Wildman–Crippen LogP) is 6.95. The highest BCUT2D eigenvalue weighted by Crippen LogP contribution is 2.42. The third-order valence-corrected chi connectivity index (χ3v) is 6.45. The molecule has 0 radical (unpaired) electrons. The highest BCUT2D eigenvalue weighted by molar-refractivity contribution is 6.00. The highest BCUT2D eigenvalue weighted by Gasteiger charge is 2.40. The van der Waals surface area contributed by atoms with Crippen molar-refractivity contribution in [2.24, 2.45) is 0 Å². The van der Waals surface area contributed by atoms with Crippen molar-refractivity contribution in [2.45, 2.75) is 26.1 Å². The van der Waals surface area contributed by atoms with Gasteiger partial charge in [-0.15, -0.1) is 0 Å². The standard InChI is InChI=1S/C28H21F4N5O3/c1-3-40-24(20-15-6-4-5-7-18(15)35-25(20)28(30,31)32)26-36-19-11-16(27(38)39)22(21(29)23(19)37-26)34-17-9-8-14(12-33)10-13(17)2/h4-11,24,34-35H,3H2,1-2H3,(H,36,37)(H,38,39). The predicted molar refractivity (Wildman–Crippen MR) is 139 cm³/mol. The van der Waals surface area contributed by atoms with Crippen molar-refractivity contribution in [1.29, 1.82) is 5.26 Å². The van der Waals surface area contributed by atoms with Crippen LogP contribution in [0.3, 0.4) is 0 Å². The van der Waals surface area contributed by atoms with E-state index in [1.54, 1.807) is 32.0 Å². The number of nitriles is 1. The normalized spacial score (nSPS) is 12.5. The van der Waals surface area contributed by atoms with Crippen LogP contribution in [-0.2, 0) is 10.9 Å². The number of hydrogen-bond donors (Lipinski definition) is 4. The van der Waals surface area contributed by atoms with E-state index in [9.17, 15) is 23.1 Å². The van der Waals surface area contributed by atoms with Crippen molar-refractivity contribution in [1.82, 2.24) is 15.0 Å². The molecule has 40 heavy (non-hydrogen) atoms. The molecule has 0 saturated carbocycles. The number of rotatable bonds is 7. The van der Waals surface area contributed by atoms with Crippen molar-refractivity contribution in [3.05, 3.63) is 88.1 Å². The molecule has 12 heteroatoms. The van der Waals surface area contributed by atoms with Gasteiger partial charge >= 0.3 is 12.1 Å². The van der Waals surface area contributed by atoms with Crippen LogP contribution < -0.4 is 5.32 Å². The summed E-state index contributed by atoms with van der Waals surface area (Å²) < 4.78 is 63.9. The number of H-pyrrole nitrogens is 2. The van der Waals surface area contributed by atoms with Gasteiger partial charge in [-0.25, -0.2) is 14.2 Å². The number of ether oxygens (including phenoxy) is 1. The average molecular weight is 552 g/mol. The summed E-state index contributed by atoms with van der Waals surface area (Å²) in [6.45, 7) is 3.27. The van der Waals surface area contributed by atoms with Crippen molar-refractivity contribution < 1.29 is 32.2 Å². The Kier molecular flexibility index (Phi) is 6.69. The number of alkyl halides is 3. The van der Waals surface area contributed by atoms with E-state index in [0.29, 0.717) is 16.8 Å². The van der Waals surface area contributed by atoms with E-state index in [-0.39, 0.29) is 45.6 Å². The minimum absolute atomic E-state index is 0.00610. The van der Waals surface area contributed by atoms with Crippen LogP contribution in [0.1, 0.15) is 51.6 Å². The Hall–Kier alpha value is -4.89. The number of imidazole rings is 1. The van der Waals surface area contributed by atoms with Gasteiger partial charge in [-0.2, -0.15) is 18.4 Å². The summed E-state index contributed by atoms with van der Waals surface area (Å²) in [6.07, 6.45) is -6.14. The van der Waals surface area contributed by atoms with Gasteiger partial charge in [-0.3, -0.25) is 0 Å². The molecule has 1 atom stereocenters. The molecule has 8 nitrogen and oxygen atoms in total. The summed E-state index contributed by atoms with van der Waals surface area (Å²) in [5.41, 5.74) is -0.878. The number of carbonyl (C=O) groups is 1. The number of nitrogens with one attached hydrogen (secondary N) is 3. The third-order valence-electron chi connectivity index (χ3n) is 6.45. The van der Waals surface area contributed by atoms with Crippen LogP contribution in [0.2, 0.25) is 0 Å². The lowest BCUT2D eigenvalue weighted by atomic mass is 10.0. The highest BCUT2D eigenvalue weighted by atomic mass is 19.4. The molecule has 204 valence electrons. The first-order valence-corrected chi connectivity index (χ1v) is 12.1. The number of carboxylic acids is 1. The topological polar surface area (TPSA) is 127 Å². The maximum atomic E-state index is 15.9. The molecule has 2 heterocycles.